The second-order valence-corrected chi connectivity index (χ2v) is 30.6. The molecular weight excluding hydrogens is 1160 g/mol. The Morgan fingerprint density at radius 2 is 0.726 bits per heavy atom. The van der Waals surface area contributed by atoms with E-state index in [4.69, 9.17) is 9.98 Å². The fourth-order valence-corrected chi connectivity index (χ4v) is 13.6. The van der Waals surface area contributed by atoms with Gasteiger partial charge in [0, 0.05) is 74.5 Å². The van der Waals surface area contributed by atoms with Crippen LogP contribution in [-0.2, 0) is 6.42 Å². The minimum absolute atomic E-state index is 0.00564. The molecule has 6 fully saturated rings. The maximum Gasteiger partial charge on any atom is 0.0808 e. The summed E-state index contributed by atoms with van der Waals surface area (Å²) in [6.07, 6.45) is 44.3. The van der Waals surface area contributed by atoms with Gasteiger partial charge in [0.1, 0.15) is 0 Å². The molecule has 6 aromatic heterocycles. The predicted octanol–water partition coefficient (Wildman–Crippen LogP) is 19.7. The Morgan fingerprint density at radius 3 is 1.06 bits per heavy atom. The Labute approximate surface area is 572 Å². The average molecular weight is 1280 g/mol. The third-order valence-corrected chi connectivity index (χ3v) is 18.5. The predicted molar refractivity (Wildman–Crippen MR) is 402 cm³/mol. The maximum absolute atomic E-state index is 4.91. The van der Waals surface area contributed by atoms with Crippen molar-refractivity contribution in [1.82, 2.24) is 29.9 Å². The molecule has 6 heterocycles. The highest BCUT2D eigenvalue weighted by Gasteiger charge is 2.52. The van der Waals surface area contributed by atoms with Gasteiger partial charge in [-0.3, -0.25) is 59.9 Å². The lowest BCUT2D eigenvalue weighted by atomic mass is 9.48. The van der Waals surface area contributed by atoms with Gasteiger partial charge in [-0.1, -0.05) is 107 Å². The van der Waals surface area contributed by atoms with Gasteiger partial charge in [0.2, 0.25) is 0 Å². The number of nitrogens with zero attached hydrogens (tertiary/aromatic N) is 12. The van der Waals surface area contributed by atoms with Crippen LogP contribution in [0.4, 0.5) is 0 Å². The minimum Gasteiger partial charge on any atom is -0.285 e. The number of rotatable bonds is 19. The summed E-state index contributed by atoms with van der Waals surface area (Å²) in [6, 6.07) is 45.8. The van der Waals surface area contributed by atoms with Gasteiger partial charge in [0.25, 0.3) is 0 Å². The molecule has 0 N–H and O–H groups in total. The van der Waals surface area contributed by atoms with E-state index >= 15 is 0 Å². The standard InChI is InChI=1S/C20H28N2.C16H18N2.C13H18N2.C13H20N2.C11H16N2.C10H12N2/c1-19(2,22-13-18-5-3-4-6-21-18)14-20-10-15-7-16(11-20)9-17(8-15)12-20;1-16(2,12-14-8-4-3-5-9-14)18-13-15-10-6-7-11-17-15;1-13(8-4-2-5-9-13)15-11-12-7-3-6-10-14-12;1-11(2)9-13(3,4)15-10-12-7-5-6-8-14-12;1-4-11(2,3)13-9-10-7-5-6-8-12-10;1-10(5-6-10)12-8-9-4-2-3-7-11-9/h3-6,13,15-17H,7-12,14H2,1-2H3;3-11,13H,12H2,1-2H3;3,6-7,10-11H,2,4-5,8-9H2,1H3;5-8,10-11H,9H2,1-4H3;5-9H,4H2,1-3H3;2-4,7-8H,5-6H2,1H3. The van der Waals surface area contributed by atoms with Crippen LogP contribution in [0, 0.1) is 29.1 Å². The molecule has 0 spiro atoms. The summed E-state index contributed by atoms with van der Waals surface area (Å²) in [4.78, 5) is 53.1. The molecule has 0 aliphatic heterocycles. The smallest absolute Gasteiger partial charge is 0.0808 e. The summed E-state index contributed by atoms with van der Waals surface area (Å²) >= 11 is 0. The third kappa shape index (κ3) is 28.9. The highest BCUT2D eigenvalue weighted by molar-refractivity contribution is 5.79. The van der Waals surface area contributed by atoms with Crippen LogP contribution in [0.15, 0.2) is 207 Å². The molecule has 12 nitrogen and oxygen atoms in total. The average Bonchev–Trinajstić information content (AvgIpc) is 1.69. The molecule has 6 aliphatic carbocycles. The van der Waals surface area contributed by atoms with Crippen LogP contribution >= 0.6 is 0 Å². The summed E-state index contributed by atoms with van der Waals surface area (Å²) in [5.41, 5.74) is 7.88. The molecule has 7 aromatic rings. The number of hydrogen-bond donors (Lipinski definition) is 0. The fraction of sp³-hybridized carbons (Fsp3) is 0.494. The Bertz CT molecular complexity index is 3410. The van der Waals surface area contributed by atoms with Gasteiger partial charge in [-0.2, -0.15) is 0 Å². The highest BCUT2D eigenvalue weighted by atomic mass is 14.9. The van der Waals surface area contributed by atoms with Gasteiger partial charge in [-0.05, 0) is 267 Å². The van der Waals surface area contributed by atoms with Crippen molar-refractivity contribution in [3.63, 3.8) is 0 Å². The normalized spacial score (nSPS) is 20.3. The van der Waals surface area contributed by atoms with E-state index in [1.165, 1.54) is 95.5 Å². The third-order valence-electron chi connectivity index (χ3n) is 18.5. The quantitative estimate of drug-likeness (QED) is 0.0735. The zero-order valence-corrected chi connectivity index (χ0v) is 59.9. The van der Waals surface area contributed by atoms with E-state index in [0.29, 0.717) is 11.3 Å². The van der Waals surface area contributed by atoms with Gasteiger partial charge in [-0.15, -0.1) is 0 Å². The van der Waals surface area contributed by atoms with Crippen LogP contribution in [0.3, 0.4) is 0 Å². The zero-order valence-electron chi connectivity index (χ0n) is 59.9. The summed E-state index contributed by atoms with van der Waals surface area (Å²) in [5.74, 6) is 3.76. The minimum atomic E-state index is -0.112. The summed E-state index contributed by atoms with van der Waals surface area (Å²) in [7, 11) is 0. The first-order valence-corrected chi connectivity index (χ1v) is 35.2. The molecular formula is C83H112N12. The van der Waals surface area contributed by atoms with Crippen LogP contribution in [-0.4, -0.2) is 100 Å². The second-order valence-electron chi connectivity index (χ2n) is 30.6. The Kier molecular flexibility index (Phi) is 28.5. The van der Waals surface area contributed by atoms with E-state index in [2.05, 4.69) is 164 Å². The SMILES string of the molecule is CC(C)(CC12CC3CC(CC(C3)C1)C2)N=Cc1ccccn1.CC(C)(Cc1ccccc1)N=Cc1ccccn1.CC(C)CC(C)(C)N=Cc1ccccn1.CC1(N=Cc2ccccn2)CC1.CC1(N=Cc2ccccn2)CCCCC1.CCC(C)(C)N=Cc1ccccn1. The van der Waals surface area contributed by atoms with Crippen LogP contribution in [0.25, 0.3) is 0 Å². The zero-order chi connectivity index (χ0) is 68.1. The molecule has 0 unspecified atom stereocenters. The molecule has 0 atom stereocenters. The first-order chi connectivity index (χ1) is 45.4. The monoisotopic (exact) mass is 1280 g/mol. The number of aliphatic imine (C=N–C) groups is 6. The van der Waals surface area contributed by atoms with E-state index in [9.17, 15) is 0 Å². The van der Waals surface area contributed by atoms with Crippen LogP contribution < -0.4 is 0 Å². The topological polar surface area (TPSA) is 152 Å². The van der Waals surface area contributed by atoms with Gasteiger partial charge in [0.05, 0.1) is 67.4 Å². The van der Waals surface area contributed by atoms with E-state index in [0.717, 1.165) is 71.2 Å². The Balaban J connectivity index is 0.000000163. The molecule has 12 heteroatoms. The van der Waals surface area contributed by atoms with Crippen molar-refractivity contribution < 1.29 is 0 Å². The van der Waals surface area contributed by atoms with Crippen molar-refractivity contribution >= 4 is 37.3 Å². The van der Waals surface area contributed by atoms with E-state index < -0.39 is 0 Å². The number of hydrogen-bond acceptors (Lipinski definition) is 12. The molecule has 4 bridgehead atoms. The molecule has 0 amide bonds. The lowest BCUT2D eigenvalue weighted by Crippen LogP contribution is -2.48. The summed E-state index contributed by atoms with van der Waals surface area (Å²) < 4.78 is 0. The second kappa shape index (κ2) is 36.3. The van der Waals surface area contributed by atoms with E-state index in [1.54, 1.807) is 24.8 Å². The van der Waals surface area contributed by atoms with Crippen molar-refractivity contribution in [3.05, 3.63) is 216 Å². The lowest BCUT2D eigenvalue weighted by molar-refractivity contribution is -0.0653. The van der Waals surface area contributed by atoms with Crippen molar-refractivity contribution in [1.29, 1.82) is 0 Å². The Hall–Kier alpha value is -7.86. The van der Waals surface area contributed by atoms with Crippen molar-refractivity contribution in [3.8, 4) is 0 Å². The van der Waals surface area contributed by atoms with Crippen molar-refractivity contribution in [2.45, 2.75) is 232 Å². The summed E-state index contributed by atoms with van der Waals surface area (Å²) in [5, 5.41) is 0. The Morgan fingerprint density at radius 1 is 0.400 bits per heavy atom. The van der Waals surface area contributed by atoms with Crippen molar-refractivity contribution in [2.24, 2.45) is 59.0 Å². The largest absolute Gasteiger partial charge is 0.285 e. The molecule has 504 valence electrons. The molecule has 13 rings (SSSR count). The van der Waals surface area contributed by atoms with E-state index in [-0.39, 0.29) is 33.2 Å². The number of aromatic nitrogens is 6. The van der Waals surface area contributed by atoms with Gasteiger partial charge in [0.15, 0.2) is 0 Å². The first-order valence-electron chi connectivity index (χ1n) is 35.2. The lowest BCUT2D eigenvalue weighted by Gasteiger charge is -2.58. The highest BCUT2D eigenvalue weighted by Crippen LogP contribution is 2.62. The molecule has 95 heavy (non-hydrogen) atoms. The first kappa shape index (κ1) is 74.5. The van der Waals surface area contributed by atoms with Gasteiger partial charge < -0.3 is 0 Å². The van der Waals surface area contributed by atoms with Crippen LogP contribution in [0.5, 0.6) is 0 Å². The molecule has 6 aliphatic rings. The van der Waals surface area contributed by atoms with Crippen molar-refractivity contribution in [2.75, 3.05) is 0 Å². The molecule has 1 aromatic carbocycles. The number of pyridine rings is 6. The number of benzene rings is 1. The molecule has 0 radical (unpaired) electrons. The molecule has 6 saturated carbocycles. The fourth-order valence-electron chi connectivity index (χ4n) is 13.6. The summed E-state index contributed by atoms with van der Waals surface area (Å²) in [6.45, 7) is 28.5. The molecule has 0 saturated heterocycles. The van der Waals surface area contributed by atoms with E-state index in [1.807, 2.05) is 165 Å². The van der Waals surface area contributed by atoms with Crippen LogP contribution in [0.2, 0.25) is 0 Å². The van der Waals surface area contributed by atoms with Gasteiger partial charge in [-0.25, -0.2) is 0 Å². The van der Waals surface area contributed by atoms with Gasteiger partial charge >= 0.3 is 0 Å². The van der Waals surface area contributed by atoms with Crippen LogP contribution in [0.1, 0.15) is 232 Å². The maximum atomic E-state index is 4.91.